The highest BCUT2D eigenvalue weighted by Crippen LogP contribution is 2.14. The minimum atomic E-state index is -0.543. The fourth-order valence-corrected chi connectivity index (χ4v) is 2.51. The summed E-state index contributed by atoms with van der Waals surface area (Å²) < 4.78 is 0. The van der Waals surface area contributed by atoms with Crippen LogP contribution in [0.1, 0.15) is 32.6 Å². The number of rotatable bonds is 11. The van der Waals surface area contributed by atoms with Crippen molar-refractivity contribution in [2.75, 3.05) is 12.0 Å². The van der Waals surface area contributed by atoms with E-state index in [-0.39, 0.29) is 24.8 Å². The van der Waals surface area contributed by atoms with Crippen LogP contribution in [0.2, 0.25) is 0 Å². The van der Waals surface area contributed by atoms with Gasteiger partial charge in [-0.1, -0.05) is 32.3 Å². The summed E-state index contributed by atoms with van der Waals surface area (Å²) >= 11 is 0. The molecule has 2 rings (SSSR count). The maximum atomic E-state index is 12.4. The highest BCUT2D eigenvalue weighted by Gasteiger charge is 2.20. The second-order valence-corrected chi connectivity index (χ2v) is 6.01. The normalized spacial score (nSPS) is 11.5. The van der Waals surface area contributed by atoms with E-state index in [9.17, 15) is 14.8 Å². The van der Waals surface area contributed by atoms with Gasteiger partial charge in [-0.15, -0.1) is 0 Å². The molecule has 0 aliphatic carbocycles. The molecule has 0 aliphatic rings. The first-order valence-corrected chi connectivity index (χ1v) is 8.85. The van der Waals surface area contributed by atoms with Crippen molar-refractivity contribution in [3.05, 3.63) is 36.7 Å². The van der Waals surface area contributed by atoms with Crippen LogP contribution < -0.4 is 10.9 Å². The molecule has 0 bridgehead atoms. The van der Waals surface area contributed by atoms with Crippen molar-refractivity contribution < 1.29 is 14.8 Å². The summed E-state index contributed by atoms with van der Waals surface area (Å²) in [7, 11) is 0. The summed E-state index contributed by atoms with van der Waals surface area (Å²) in [6.07, 6.45) is 6.88. The van der Waals surface area contributed by atoms with E-state index in [1.807, 2.05) is 18.2 Å². The van der Waals surface area contributed by atoms with E-state index in [0.717, 1.165) is 19.3 Å². The highest BCUT2D eigenvalue weighted by molar-refractivity contribution is 5.80. The maximum Gasteiger partial charge on any atom is 0.243 e. The van der Waals surface area contributed by atoms with Gasteiger partial charge in [0.2, 0.25) is 18.3 Å². The van der Waals surface area contributed by atoms with Crippen LogP contribution in [0.5, 0.6) is 0 Å². The number of unbranched alkanes of at least 4 members (excludes halogenated alkanes) is 2. The van der Waals surface area contributed by atoms with E-state index in [4.69, 9.17) is 0 Å². The number of hydrogen-bond acceptors (Lipinski definition) is 7. The molecule has 2 heterocycles. The van der Waals surface area contributed by atoms with Gasteiger partial charge in [0, 0.05) is 12.4 Å². The fraction of sp³-hybridized carbons (Fsp3) is 0.389. The molecule has 0 spiro atoms. The van der Waals surface area contributed by atoms with Crippen LogP contribution >= 0.6 is 0 Å². The lowest BCUT2D eigenvalue weighted by atomic mass is 10.0. The largest absolute Gasteiger partial charge is 0.286 e. The molecule has 2 aromatic rings. The Hall–Kier alpha value is -3.07. The molecule has 1 atom stereocenters. The molecule has 0 saturated carbocycles. The second-order valence-electron chi connectivity index (χ2n) is 6.01. The lowest BCUT2D eigenvalue weighted by molar-refractivity contribution is -0.154. The number of carbonyl (C=O) groups is 2. The highest BCUT2D eigenvalue weighted by atomic mass is 16.5. The summed E-state index contributed by atoms with van der Waals surface area (Å²) in [5.74, 6) is -0.674. The van der Waals surface area contributed by atoms with Gasteiger partial charge in [-0.05, 0) is 24.6 Å². The monoisotopic (exact) mass is 372 g/mol. The molecule has 2 aromatic heterocycles. The molecule has 0 radical (unpaired) electrons. The Balaban J connectivity index is 1.98. The molecule has 0 aromatic carbocycles. The smallest absolute Gasteiger partial charge is 0.243 e. The Morgan fingerprint density at radius 3 is 2.78 bits per heavy atom. The van der Waals surface area contributed by atoms with E-state index in [1.165, 1.54) is 0 Å². The number of nitrogens with zero attached hydrogens (tertiary/aromatic N) is 4. The van der Waals surface area contributed by atoms with Crippen molar-refractivity contribution in [2.24, 2.45) is 5.92 Å². The molecule has 3 N–H and O–H groups in total. The average molecular weight is 372 g/mol. The first-order valence-electron chi connectivity index (χ1n) is 8.85. The molecule has 144 valence electrons. The molecule has 9 nitrogen and oxygen atoms in total. The lowest BCUT2D eigenvalue weighted by Gasteiger charge is -2.19. The summed E-state index contributed by atoms with van der Waals surface area (Å²) in [6, 6.07) is 7.21. The van der Waals surface area contributed by atoms with E-state index < -0.39 is 5.92 Å². The van der Waals surface area contributed by atoms with Gasteiger partial charge in [-0.3, -0.25) is 30.6 Å². The zero-order valence-corrected chi connectivity index (χ0v) is 15.2. The first kappa shape index (κ1) is 20.2. The number of hydroxylamine groups is 2. The zero-order chi connectivity index (χ0) is 19.5. The van der Waals surface area contributed by atoms with Gasteiger partial charge in [0.25, 0.3) is 0 Å². The van der Waals surface area contributed by atoms with Crippen molar-refractivity contribution in [1.29, 1.82) is 0 Å². The molecule has 27 heavy (non-hydrogen) atoms. The van der Waals surface area contributed by atoms with E-state index >= 15 is 0 Å². The summed E-state index contributed by atoms with van der Waals surface area (Å²) in [5, 5.41) is 9.90. The SMILES string of the molecule is CCCCC[C@H](CN(O)C=O)C(=O)NNc1nccc(-c2ccccn2)n1. The van der Waals surface area contributed by atoms with Crippen LogP contribution in [0, 0.1) is 5.92 Å². The van der Waals surface area contributed by atoms with Crippen molar-refractivity contribution in [3.8, 4) is 11.4 Å². The van der Waals surface area contributed by atoms with Gasteiger partial charge in [-0.2, -0.15) is 0 Å². The minimum absolute atomic E-state index is 0.0738. The Kier molecular flexibility index (Phi) is 8.11. The van der Waals surface area contributed by atoms with Crippen LogP contribution in [0.3, 0.4) is 0 Å². The predicted molar refractivity (Wildman–Crippen MR) is 99.2 cm³/mol. The van der Waals surface area contributed by atoms with Gasteiger partial charge in [0.1, 0.15) is 0 Å². The molecule has 0 saturated heterocycles. The van der Waals surface area contributed by atoms with Crippen molar-refractivity contribution >= 4 is 18.3 Å². The molecule has 0 unspecified atom stereocenters. The van der Waals surface area contributed by atoms with E-state index in [2.05, 4.69) is 32.7 Å². The molecule has 9 heteroatoms. The van der Waals surface area contributed by atoms with Gasteiger partial charge < -0.3 is 0 Å². The van der Waals surface area contributed by atoms with Crippen LogP contribution in [0.15, 0.2) is 36.7 Å². The van der Waals surface area contributed by atoms with Crippen LogP contribution in [0.4, 0.5) is 5.95 Å². The van der Waals surface area contributed by atoms with Crippen LogP contribution in [-0.4, -0.2) is 44.1 Å². The molecule has 0 fully saturated rings. The van der Waals surface area contributed by atoms with Crippen LogP contribution in [-0.2, 0) is 9.59 Å². The quantitative estimate of drug-likeness (QED) is 0.239. The van der Waals surface area contributed by atoms with Crippen molar-refractivity contribution in [1.82, 2.24) is 25.4 Å². The summed E-state index contributed by atoms with van der Waals surface area (Å²) in [6.45, 7) is 1.99. The number of hydrogen-bond donors (Lipinski definition) is 3. The fourth-order valence-electron chi connectivity index (χ4n) is 2.51. The number of pyridine rings is 1. The van der Waals surface area contributed by atoms with Gasteiger partial charge in [0.05, 0.1) is 23.9 Å². The van der Waals surface area contributed by atoms with Gasteiger partial charge in [-0.25, -0.2) is 15.0 Å². The first-order chi connectivity index (χ1) is 13.1. The van der Waals surface area contributed by atoms with Crippen molar-refractivity contribution in [3.63, 3.8) is 0 Å². The van der Waals surface area contributed by atoms with Crippen LogP contribution in [0.25, 0.3) is 11.4 Å². The summed E-state index contributed by atoms with van der Waals surface area (Å²) in [4.78, 5) is 35.7. The predicted octanol–water partition coefficient (Wildman–Crippen LogP) is 2.03. The van der Waals surface area contributed by atoms with Gasteiger partial charge in [0.15, 0.2) is 0 Å². The Morgan fingerprint density at radius 2 is 2.07 bits per heavy atom. The molecule has 2 amide bonds. The number of nitrogens with one attached hydrogen (secondary N) is 2. The number of anilines is 1. The average Bonchev–Trinajstić information content (AvgIpc) is 2.72. The lowest BCUT2D eigenvalue weighted by Crippen LogP contribution is -2.40. The summed E-state index contributed by atoms with van der Waals surface area (Å²) in [5.41, 5.74) is 6.53. The minimum Gasteiger partial charge on any atom is -0.286 e. The van der Waals surface area contributed by atoms with E-state index in [0.29, 0.717) is 22.9 Å². The molecular formula is C18H24N6O3. The van der Waals surface area contributed by atoms with E-state index in [1.54, 1.807) is 18.5 Å². The number of hydrazine groups is 1. The number of amides is 2. The molecule has 0 aliphatic heterocycles. The standard InChI is InChI=1S/C18H24N6O3/c1-2-3-4-7-14(12-24(27)13-25)17(26)22-23-18-20-11-9-16(21-18)15-8-5-6-10-19-15/h5-6,8-11,13-14,27H,2-4,7,12H2,1H3,(H,22,26)(H,20,21,23)/t14-/m1/s1. The molecular weight excluding hydrogens is 348 g/mol. The zero-order valence-electron chi connectivity index (χ0n) is 15.2. The third kappa shape index (κ3) is 6.63. The Morgan fingerprint density at radius 1 is 1.22 bits per heavy atom. The number of aromatic nitrogens is 3. The number of carbonyl (C=O) groups excluding carboxylic acids is 2. The Bertz CT molecular complexity index is 728. The Labute approximate surface area is 157 Å². The second kappa shape index (κ2) is 10.8. The van der Waals surface area contributed by atoms with Crippen molar-refractivity contribution in [2.45, 2.75) is 32.6 Å². The third-order valence-electron chi connectivity index (χ3n) is 3.94. The maximum absolute atomic E-state index is 12.4. The van der Waals surface area contributed by atoms with Gasteiger partial charge >= 0.3 is 0 Å². The topological polar surface area (TPSA) is 120 Å². The third-order valence-corrected chi connectivity index (χ3v) is 3.94.